The number of allylic oxidation sites excluding steroid dienone is 1. The van der Waals surface area contributed by atoms with Gasteiger partial charge in [-0.3, -0.25) is 4.79 Å². The van der Waals surface area contributed by atoms with E-state index >= 15 is 0 Å². The highest BCUT2D eigenvalue weighted by atomic mass is 16.4. The lowest BCUT2D eigenvalue weighted by Crippen LogP contribution is -2.26. The fourth-order valence-corrected chi connectivity index (χ4v) is 0.700. The Morgan fingerprint density at radius 1 is 1.55 bits per heavy atom. The molecule has 0 radical (unpaired) electrons. The van der Waals surface area contributed by atoms with E-state index in [1.54, 1.807) is 19.9 Å². The molecule has 0 spiro atoms. The van der Waals surface area contributed by atoms with Crippen molar-refractivity contribution in [3.63, 3.8) is 0 Å². The molecule has 0 amide bonds. The molecular weight excluding hydrogens is 144 g/mol. The lowest BCUT2D eigenvalue weighted by molar-refractivity contribution is -0.143. The van der Waals surface area contributed by atoms with E-state index in [9.17, 15) is 9.90 Å². The minimum absolute atomic E-state index is 0.694. The van der Waals surface area contributed by atoms with Gasteiger partial charge in [-0.05, 0) is 26.3 Å². The number of carbonyl (C=O) groups is 1. The van der Waals surface area contributed by atoms with Crippen molar-refractivity contribution in [2.45, 2.75) is 26.9 Å². The number of aliphatic hydroxyl groups excluding tert-OH is 1. The molecule has 0 heterocycles. The predicted molar refractivity (Wildman–Crippen MR) is 42.2 cm³/mol. The molecule has 0 aliphatic heterocycles. The summed E-state index contributed by atoms with van der Waals surface area (Å²) in [7, 11) is 0. The zero-order valence-corrected chi connectivity index (χ0v) is 7.03. The van der Waals surface area contributed by atoms with Crippen LogP contribution >= 0.6 is 0 Å². The molecule has 0 unspecified atom stereocenters. The minimum Gasteiger partial charge on any atom is -0.481 e. The van der Waals surface area contributed by atoms with E-state index in [0.717, 1.165) is 0 Å². The molecule has 3 nitrogen and oxygen atoms in total. The average molecular weight is 158 g/mol. The molecule has 0 aliphatic rings. The maximum atomic E-state index is 10.4. The van der Waals surface area contributed by atoms with E-state index in [0.29, 0.717) is 5.57 Å². The second kappa shape index (κ2) is 4.13. The van der Waals surface area contributed by atoms with E-state index in [1.165, 1.54) is 6.92 Å². The van der Waals surface area contributed by atoms with Gasteiger partial charge in [0.05, 0.1) is 12.0 Å². The van der Waals surface area contributed by atoms with Gasteiger partial charge >= 0.3 is 5.97 Å². The summed E-state index contributed by atoms with van der Waals surface area (Å²) >= 11 is 0. The van der Waals surface area contributed by atoms with Gasteiger partial charge in [0.15, 0.2) is 0 Å². The highest BCUT2D eigenvalue weighted by molar-refractivity contribution is 5.70. The number of hydrogen-bond acceptors (Lipinski definition) is 2. The number of hydrogen-bond donors (Lipinski definition) is 2. The first kappa shape index (κ1) is 10.2. The van der Waals surface area contributed by atoms with E-state index in [1.807, 2.05) is 0 Å². The molecule has 0 aromatic rings. The van der Waals surface area contributed by atoms with Crippen molar-refractivity contribution in [2.24, 2.45) is 5.92 Å². The number of carboxylic acid groups (broad SMARTS) is 1. The van der Waals surface area contributed by atoms with Gasteiger partial charge in [-0.1, -0.05) is 6.08 Å². The second-order valence-electron chi connectivity index (χ2n) is 2.60. The van der Waals surface area contributed by atoms with Gasteiger partial charge in [-0.15, -0.1) is 0 Å². The minimum atomic E-state index is -0.973. The highest BCUT2D eigenvalue weighted by Gasteiger charge is 2.21. The monoisotopic (exact) mass is 158 g/mol. The summed E-state index contributed by atoms with van der Waals surface area (Å²) in [4.78, 5) is 10.4. The summed E-state index contributed by atoms with van der Waals surface area (Å²) in [5.74, 6) is -1.70. The third kappa shape index (κ3) is 2.72. The van der Waals surface area contributed by atoms with Crippen molar-refractivity contribution in [3.05, 3.63) is 11.6 Å². The highest BCUT2D eigenvalue weighted by Crippen LogP contribution is 2.11. The van der Waals surface area contributed by atoms with Crippen molar-refractivity contribution in [3.8, 4) is 0 Å². The first-order chi connectivity index (χ1) is 5.00. The number of rotatable bonds is 3. The molecule has 0 rings (SSSR count). The van der Waals surface area contributed by atoms with E-state index in [4.69, 9.17) is 5.11 Å². The number of aliphatic carboxylic acids is 1. The normalized spacial score (nSPS) is 17.6. The summed E-state index contributed by atoms with van der Waals surface area (Å²) in [6, 6.07) is 0. The van der Waals surface area contributed by atoms with Crippen molar-refractivity contribution in [1.82, 2.24) is 0 Å². The van der Waals surface area contributed by atoms with Gasteiger partial charge in [0.2, 0.25) is 0 Å². The molecule has 0 aliphatic carbocycles. The summed E-state index contributed by atoms with van der Waals surface area (Å²) in [5.41, 5.74) is 0.694. The molecule has 0 bridgehead atoms. The van der Waals surface area contributed by atoms with Crippen LogP contribution in [0.1, 0.15) is 20.8 Å². The molecule has 0 aromatic carbocycles. The Morgan fingerprint density at radius 3 is 2.27 bits per heavy atom. The van der Waals surface area contributed by atoms with Crippen LogP contribution in [-0.4, -0.2) is 22.3 Å². The van der Waals surface area contributed by atoms with E-state index < -0.39 is 18.0 Å². The maximum absolute atomic E-state index is 10.4. The van der Waals surface area contributed by atoms with Crippen molar-refractivity contribution in [2.75, 3.05) is 0 Å². The van der Waals surface area contributed by atoms with E-state index in [-0.39, 0.29) is 0 Å². The van der Waals surface area contributed by atoms with Crippen LogP contribution in [0.5, 0.6) is 0 Å². The molecule has 2 N–H and O–H groups in total. The Labute approximate surface area is 66.4 Å². The average Bonchev–Trinajstić information content (AvgIpc) is 2.00. The Balaban J connectivity index is 4.24. The molecule has 0 saturated carbocycles. The van der Waals surface area contributed by atoms with Crippen LogP contribution in [0.3, 0.4) is 0 Å². The van der Waals surface area contributed by atoms with Crippen LogP contribution in [-0.2, 0) is 4.79 Å². The van der Waals surface area contributed by atoms with Gasteiger partial charge in [0, 0.05) is 0 Å². The molecule has 64 valence electrons. The van der Waals surface area contributed by atoms with Gasteiger partial charge in [-0.25, -0.2) is 0 Å². The topological polar surface area (TPSA) is 57.5 Å². The third-order valence-electron chi connectivity index (χ3n) is 1.79. The van der Waals surface area contributed by atoms with Crippen molar-refractivity contribution in [1.29, 1.82) is 0 Å². The van der Waals surface area contributed by atoms with Gasteiger partial charge < -0.3 is 10.2 Å². The molecule has 0 fully saturated rings. The van der Waals surface area contributed by atoms with Crippen LogP contribution in [0, 0.1) is 5.92 Å². The quantitative estimate of drug-likeness (QED) is 0.603. The van der Waals surface area contributed by atoms with Crippen molar-refractivity contribution < 1.29 is 15.0 Å². The first-order valence-electron chi connectivity index (χ1n) is 3.54. The second-order valence-corrected chi connectivity index (χ2v) is 2.60. The number of aliphatic hydroxyl groups is 1. The smallest absolute Gasteiger partial charge is 0.309 e. The first-order valence-corrected chi connectivity index (χ1v) is 3.54. The van der Waals surface area contributed by atoms with Crippen LogP contribution in [0.25, 0.3) is 0 Å². The molecule has 0 saturated heterocycles. The van der Waals surface area contributed by atoms with E-state index in [2.05, 4.69) is 0 Å². The summed E-state index contributed by atoms with van der Waals surface area (Å²) in [6.07, 6.45) is 0.849. The molecule has 0 aromatic heterocycles. The van der Waals surface area contributed by atoms with Gasteiger partial charge in [0.25, 0.3) is 0 Å². The molecule has 3 heteroatoms. The molecule has 2 atom stereocenters. The summed E-state index contributed by atoms with van der Waals surface area (Å²) in [5, 5.41) is 17.8. The summed E-state index contributed by atoms with van der Waals surface area (Å²) in [6.45, 7) is 4.97. The Morgan fingerprint density at radius 2 is 2.00 bits per heavy atom. The van der Waals surface area contributed by atoms with Crippen molar-refractivity contribution >= 4 is 5.97 Å². The predicted octanol–water partition coefficient (Wildman–Crippen LogP) is 1.03. The molecular formula is C8H14O3. The summed E-state index contributed by atoms with van der Waals surface area (Å²) < 4.78 is 0. The van der Waals surface area contributed by atoms with Crippen LogP contribution in [0.4, 0.5) is 0 Å². The fraction of sp³-hybridized carbons (Fsp3) is 0.625. The zero-order valence-electron chi connectivity index (χ0n) is 7.03. The third-order valence-corrected chi connectivity index (χ3v) is 1.79. The van der Waals surface area contributed by atoms with Gasteiger partial charge in [0.1, 0.15) is 0 Å². The lowest BCUT2D eigenvalue weighted by Gasteiger charge is -2.14. The molecule has 11 heavy (non-hydrogen) atoms. The maximum Gasteiger partial charge on any atom is 0.309 e. The van der Waals surface area contributed by atoms with Crippen LogP contribution in [0.2, 0.25) is 0 Å². The fourth-order valence-electron chi connectivity index (χ4n) is 0.700. The Kier molecular flexibility index (Phi) is 3.82. The SMILES string of the molecule is C/C=C(\C)[C@H](O)[C@H](C)C(=O)O. The Bertz CT molecular complexity index is 172. The zero-order chi connectivity index (χ0) is 9.02. The van der Waals surface area contributed by atoms with Gasteiger partial charge in [-0.2, -0.15) is 0 Å². The number of carboxylic acids is 1. The largest absolute Gasteiger partial charge is 0.481 e. The van der Waals surface area contributed by atoms with Crippen LogP contribution in [0.15, 0.2) is 11.6 Å². The Hall–Kier alpha value is -0.830. The lowest BCUT2D eigenvalue weighted by atomic mass is 9.99. The standard InChI is InChI=1S/C8H14O3/c1-4-5(2)7(9)6(3)8(10)11/h4,6-7,9H,1-3H3,(H,10,11)/b5-4+/t6-,7-/m0/s1. The van der Waals surface area contributed by atoms with Crippen LogP contribution < -0.4 is 0 Å².